The highest BCUT2D eigenvalue weighted by atomic mass is 19.1. The number of benzene rings is 1. The van der Waals surface area contributed by atoms with Crippen molar-refractivity contribution in [3.8, 4) is 0 Å². The fourth-order valence-corrected chi connectivity index (χ4v) is 1.74. The summed E-state index contributed by atoms with van der Waals surface area (Å²) >= 11 is 0. The highest BCUT2D eigenvalue weighted by molar-refractivity contribution is 5.54. The van der Waals surface area contributed by atoms with Crippen LogP contribution in [0.25, 0.3) is 0 Å². The summed E-state index contributed by atoms with van der Waals surface area (Å²) in [6, 6.07) is 5.44. The standard InChI is InChI=1S/C13H21FN2/c1-5-10(2)16(4)13-7-6-12(14)8-11(13)9-15-3/h6-8,10,15H,5,9H2,1-4H3. The maximum Gasteiger partial charge on any atom is 0.123 e. The number of hydrogen-bond acceptors (Lipinski definition) is 2. The van der Waals surface area contributed by atoms with E-state index in [1.807, 2.05) is 13.1 Å². The van der Waals surface area contributed by atoms with Gasteiger partial charge >= 0.3 is 0 Å². The van der Waals surface area contributed by atoms with E-state index in [0.717, 1.165) is 17.7 Å². The van der Waals surface area contributed by atoms with Crippen LogP contribution in [0.4, 0.5) is 10.1 Å². The second-order valence-corrected chi connectivity index (χ2v) is 4.17. The largest absolute Gasteiger partial charge is 0.372 e. The average molecular weight is 224 g/mol. The van der Waals surface area contributed by atoms with E-state index in [-0.39, 0.29) is 5.82 Å². The van der Waals surface area contributed by atoms with Crippen molar-refractivity contribution in [2.45, 2.75) is 32.9 Å². The zero-order valence-corrected chi connectivity index (χ0v) is 10.5. The first-order valence-corrected chi connectivity index (χ1v) is 5.76. The number of hydrogen-bond donors (Lipinski definition) is 1. The van der Waals surface area contributed by atoms with Gasteiger partial charge in [0.25, 0.3) is 0 Å². The van der Waals surface area contributed by atoms with Gasteiger partial charge in [-0.25, -0.2) is 4.39 Å². The van der Waals surface area contributed by atoms with E-state index >= 15 is 0 Å². The first-order valence-electron chi connectivity index (χ1n) is 5.76. The van der Waals surface area contributed by atoms with Crippen LogP contribution in [-0.4, -0.2) is 20.1 Å². The molecular weight excluding hydrogens is 203 g/mol. The van der Waals surface area contributed by atoms with Crippen LogP contribution in [0.2, 0.25) is 0 Å². The van der Waals surface area contributed by atoms with Crippen molar-refractivity contribution in [2.24, 2.45) is 0 Å². The maximum atomic E-state index is 13.2. The first-order chi connectivity index (χ1) is 7.60. The summed E-state index contributed by atoms with van der Waals surface area (Å²) in [5.41, 5.74) is 2.11. The smallest absolute Gasteiger partial charge is 0.123 e. The Morgan fingerprint density at radius 3 is 2.69 bits per heavy atom. The van der Waals surface area contributed by atoms with Crippen molar-refractivity contribution in [3.05, 3.63) is 29.6 Å². The van der Waals surface area contributed by atoms with Crippen LogP contribution in [0.3, 0.4) is 0 Å². The molecule has 1 atom stereocenters. The van der Waals surface area contributed by atoms with E-state index in [1.54, 1.807) is 6.07 Å². The van der Waals surface area contributed by atoms with Gasteiger partial charge in [0, 0.05) is 25.3 Å². The SMILES string of the molecule is CCC(C)N(C)c1ccc(F)cc1CNC. The molecule has 2 nitrogen and oxygen atoms in total. The molecular formula is C13H21FN2. The highest BCUT2D eigenvalue weighted by Crippen LogP contribution is 2.23. The highest BCUT2D eigenvalue weighted by Gasteiger charge is 2.12. The Balaban J connectivity index is 3.01. The van der Waals surface area contributed by atoms with E-state index in [2.05, 4.69) is 31.1 Å². The van der Waals surface area contributed by atoms with Gasteiger partial charge in [-0.05, 0) is 44.2 Å². The number of halogens is 1. The summed E-state index contributed by atoms with van der Waals surface area (Å²) in [6.45, 7) is 5.02. The molecule has 0 aliphatic heterocycles. The van der Waals surface area contributed by atoms with Gasteiger partial charge in [0.05, 0.1) is 0 Å². The minimum Gasteiger partial charge on any atom is -0.372 e. The topological polar surface area (TPSA) is 15.3 Å². The summed E-state index contributed by atoms with van der Waals surface area (Å²) in [5.74, 6) is -0.174. The van der Waals surface area contributed by atoms with Crippen molar-refractivity contribution in [3.63, 3.8) is 0 Å². The molecule has 16 heavy (non-hydrogen) atoms. The molecule has 1 unspecified atom stereocenters. The molecule has 0 amide bonds. The Hall–Kier alpha value is -1.09. The number of nitrogens with zero attached hydrogens (tertiary/aromatic N) is 1. The Labute approximate surface area is 97.5 Å². The van der Waals surface area contributed by atoms with Crippen LogP contribution in [0.1, 0.15) is 25.8 Å². The predicted octanol–water partition coefficient (Wildman–Crippen LogP) is 2.78. The molecule has 0 spiro atoms. The summed E-state index contributed by atoms with van der Waals surface area (Å²) in [7, 11) is 3.93. The normalized spacial score (nSPS) is 12.6. The van der Waals surface area contributed by atoms with Gasteiger partial charge < -0.3 is 10.2 Å². The van der Waals surface area contributed by atoms with Gasteiger partial charge in [0.15, 0.2) is 0 Å². The summed E-state index contributed by atoms with van der Waals surface area (Å²) in [6.07, 6.45) is 1.08. The third-order valence-corrected chi connectivity index (χ3v) is 3.04. The molecule has 0 aliphatic rings. The second kappa shape index (κ2) is 5.85. The molecule has 3 heteroatoms. The van der Waals surface area contributed by atoms with Gasteiger partial charge in [-0.1, -0.05) is 6.92 Å². The Morgan fingerprint density at radius 2 is 2.12 bits per heavy atom. The molecule has 0 radical (unpaired) electrons. The number of rotatable bonds is 5. The minimum atomic E-state index is -0.174. The van der Waals surface area contributed by atoms with Crippen LogP contribution in [0.15, 0.2) is 18.2 Å². The van der Waals surface area contributed by atoms with E-state index in [0.29, 0.717) is 12.6 Å². The van der Waals surface area contributed by atoms with Crippen molar-refractivity contribution >= 4 is 5.69 Å². The summed E-state index contributed by atoms with van der Waals surface area (Å²) < 4.78 is 13.2. The van der Waals surface area contributed by atoms with Crippen LogP contribution >= 0.6 is 0 Å². The van der Waals surface area contributed by atoms with E-state index in [9.17, 15) is 4.39 Å². The lowest BCUT2D eigenvalue weighted by atomic mass is 10.1. The Morgan fingerprint density at radius 1 is 1.44 bits per heavy atom. The zero-order valence-electron chi connectivity index (χ0n) is 10.5. The Kier molecular flexibility index (Phi) is 4.74. The molecule has 90 valence electrons. The molecule has 0 saturated carbocycles. The van der Waals surface area contributed by atoms with Crippen molar-refractivity contribution in [1.82, 2.24) is 5.32 Å². The molecule has 1 N–H and O–H groups in total. The maximum absolute atomic E-state index is 13.2. The molecule has 0 saturated heterocycles. The van der Waals surface area contributed by atoms with Crippen molar-refractivity contribution in [2.75, 3.05) is 19.0 Å². The molecule has 0 aliphatic carbocycles. The lowest BCUT2D eigenvalue weighted by Crippen LogP contribution is -2.29. The van der Waals surface area contributed by atoms with Crippen molar-refractivity contribution < 1.29 is 4.39 Å². The summed E-state index contributed by atoms with van der Waals surface area (Å²) in [5, 5.41) is 3.07. The van der Waals surface area contributed by atoms with Gasteiger partial charge in [-0.2, -0.15) is 0 Å². The van der Waals surface area contributed by atoms with Gasteiger partial charge in [0.1, 0.15) is 5.82 Å². The second-order valence-electron chi connectivity index (χ2n) is 4.17. The number of nitrogens with one attached hydrogen (secondary N) is 1. The monoisotopic (exact) mass is 224 g/mol. The zero-order chi connectivity index (χ0) is 12.1. The molecule has 1 rings (SSSR count). The van der Waals surface area contributed by atoms with E-state index in [1.165, 1.54) is 6.07 Å². The molecule has 1 aromatic carbocycles. The first kappa shape index (κ1) is 13.0. The van der Waals surface area contributed by atoms with Crippen LogP contribution in [0, 0.1) is 5.82 Å². The molecule has 1 aromatic rings. The molecule has 0 heterocycles. The number of anilines is 1. The molecule has 0 fully saturated rings. The predicted molar refractivity (Wildman–Crippen MR) is 67.3 cm³/mol. The van der Waals surface area contributed by atoms with Crippen molar-refractivity contribution in [1.29, 1.82) is 0 Å². The lowest BCUT2D eigenvalue weighted by molar-refractivity contribution is 0.619. The van der Waals surface area contributed by atoms with Crippen LogP contribution < -0.4 is 10.2 Å². The van der Waals surface area contributed by atoms with Crippen LogP contribution in [0.5, 0.6) is 0 Å². The molecule has 0 bridgehead atoms. The third-order valence-electron chi connectivity index (χ3n) is 3.04. The van der Waals surface area contributed by atoms with E-state index < -0.39 is 0 Å². The average Bonchev–Trinajstić information content (AvgIpc) is 2.28. The lowest BCUT2D eigenvalue weighted by Gasteiger charge is -2.28. The summed E-state index contributed by atoms with van der Waals surface area (Å²) in [4.78, 5) is 2.20. The fourth-order valence-electron chi connectivity index (χ4n) is 1.74. The minimum absolute atomic E-state index is 0.174. The molecule has 0 aromatic heterocycles. The Bertz CT molecular complexity index is 339. The van der Waals surface area contributed by atoms with Crippen LogP contribution in [-0.2, 0) is 6.54 Å². The third kappa shape index (κ3) is 2.95. The fraction of sp³-hybridized carbons (Fsp3) is 0.538. The van der Waals surface area contributed by atoms with Gasteiger partial charge in [-0.15, -0.1) is 0 Å². The van der Waals surface area contributed by atoms with Gasteiger partial charge in [0.2, 0.25) is 0 Å². The quantitative estimate of drug-likeness (QED) is 0.827. The van der Waals surface area contributed by atoms with E-state index in [4.69, 9.17) is 0 Å². The van der Waals surface area contributed by atoms with Gasteiger partial charge in [-0.3, -0.25) is 0 Å².